The van der Waals surface area contributed by atoms with E-state index in [0.29, 0.717) is 15.2 Å². The molecule has 0 bridgehead atoms. The number of aromatic nitrogens is 2. The number of thioether (sulfide) groups is 1. The average molecular weight is 436 g/mol. The van der Waals surface area contributed by atoms with Gasteiger partial charge in [-0.15, -0.1) is 10.2 Å². The number of nitrogens with one attached hydrogen (secondary N) is 2. The fourth-order valence-corrected chi connectivity index (χ4v) is 4.56. The van der Waals surface area contributed by atoms with E-state index in [2.05, 4.69) is 20.8 Å². The third kappa shape index (κ3) is 5.52. The van der Waals surface area contributed by atoms with Crippen LogP contribution in [0.2, 0.25) is 0 Å². The third-order valence-electron chi connectivity index (χ3n) is 3.53. The summed E-state index contributed by atoms with van der Waals surface area (Å²) in [6.07, 6.45) is 0. The summed E-state index contributed by atoms with van der Waals surface area (Å²) < 4.78 is 23.2. The number of sulfonamides is 1. The molecule has 0 unspecified atom stereocenters. The van der Waals surface area contributed by atoms with Gasteiger partial charge in [0.15, 0.2) is 4.34 Å². The van der Waals surface area contributed by atoms with Crippen molar-refractivity contribution in [3.05, 3.63) is 54.6 Å². The van der Waals surface area contributed by atoms with Crippen LogP contribution in [0.1, 0.15) is 6.92 Å². The number of nitrogens with two attached hydrogens (primary N) is 1. The quantitative estimate of drug-likeness (QED) is 0.487. The predicted octanol–water partition coefficient (Wildman–Crippen LogP) is 3.05. The fraction of sp³-hybridized carbons (Fsp3) is 0.118. The van der Waals surface area contributed by atoms with E-state index in [0.717, 1.165) is 5.69 Å². The number of hydrogen-bond donors (Lipinski definition) is 3. The van der Waals surface area contributed by atoms with Crippen LogP contribution >= 0.6 is 23.1 Å². The van der Waals surface area contributed by atoms with Gasteiger partial charge >= 0.3 is 0 Å². The Balaban J connectivity index is 1.57. The van der Waals surface area contributed by atoms with E-state index in [-0.39, 0.29) is 10.8 Å². The summed E-state index contributed by atoms with van der Waals surface area (Å²) in [7, 11) is -3.76. The van der Waals surface area contributed by atoms with Crippen molar-refractivity contribution in [2.24, 2.45) is 5.14 Å². The topological polar surface area (TPSA) is 127 Å². The summed E-state index contributed by atoms with van der Waals surface area (Å²) in [5.74, 6) is -0.235. The van der Waals surface area contributed by atoms with Crippen molar-refractivity contribution in [2.45, 2.75) is 21.4 Å². The largest absolute Gasteiger partial charge is 0.330 e. The SMILES string of the molecule is C[C@H](Sc1nnc(Nc2ccccc2)s1)C(=O)Nc1ccc(S(N)(=O)=O)cc1. The maximum Gasteiger partial charge on any atom is 0.238 e. The Kier molecular flexibility index (Phi) is 6.29. The zero-order chi connectivity index (χ0) is 20.1. The van der Waals surface area contributed by atoms with Gasteiger partial charge in [-0.05, 0) is 43.3 Å². The normalized spacial score (nSPS) is 12.4. The zero-order valence-corrected chi connectivity index (χ0v) is 17.1. The molecule has 0 fully saturated rings. The highest BCUT2D eigenvalue weighted by Gasteiger charge is 2.18. The molecule has 0 aliphatic rings. The number of benzene rings is 2. The van der Waals surface area contributed by atoms with Crippen molar-refractivity contribution in [3.63, 3.8) is 0 Å². The monoisotopic (exact) mass is 435 g/mol. The Morgan fingerprint density at radius 1 is 1.07 bits per heavy atom. The van der Waals surface area contributed by atoms with Crippen molar-refractivity contribution < 1.29 is 13.2 Å². The van der Waals surface area contributed by atoms with Crippen molar-refractivity contribution in [3.8, 4) is 0 Å². The first kappa shape index (κ1) is 20.3. The van der Waals surface area contributed by atoms with Gasteiger partial charge in [0, 0.05) is 11.4 Å². The van der Waals surface area contributed by atoms with Gasteiger partial charge in [0.2, 0.25) is 21.1 Å². The number of rotatable bonds is 7. The minimum absolute atomic E-state index is 0.0137. The van der Waals surface area contributed by atoms with Crippen LogP contribution in [0.25, 0.3) is 0 Å². The molecule has 0 saturated carbocycles. The van der Waals surface area contributed by atoms with E-state index in [1.165, 1.54) is 47.4 Å². The van der Waals surface area contributed by atoms with Crippen LogP contribution in [0, 0.1) is 0 Å². The lowest BCUT2D eigenvalue weighted by Gasteiger charge is -2.10. The molecule has 4 N–H and O–H groups in total. The van der Waals surface area contributed by atoms with Crippen molar-refractivity contribution >= 4 is 55.5 Å². The van der Waals surface area contributed by atoms with Crippen molar-refractivity contribution in [1.29, 1.82) is 0 Å². The first-order chi connectivity index (χ1) is 13.3. The number of primary sulfonamides is 1. The van der Waals surface area contributed by atoms with Crippen LogP contribution in [0.4, 0.5) is 16.5 Å². The molecular weight excluding hydrogens is 418 g/mol. The first-order valence-electron chi connectivity index (χ1n) is 8.07. The number of amides is 1. The Morgan fingerprint density at radius 3 is 2.39 bits per heavy atom. The number of carbonyl (C=O) groups excluding carboxylic acids is 1. The number of para-hydroxylation sites is 1. The van der Waals surface area contributed by atoms with Crippen molar-refractivity contribution in [2.75, 3.05) is 10.6 Å². The minimum atomic E-state index is -3.76. The van der Waals surface area contributed by atoms with Crippen LogP contribution in [0.5, 0.6) is 0 Å². The van der Waals surface area contributed by atoms with E-state index < -0.39 is 15.3 Å². The Hall–Kier alpha value is -2.47. The standard InChI is InChI=1S/C17H17N5O3S3/c1-11(15(23)19-13-7-9-14(10-8-13)28(18,24)25)26-17-22-21-16(27-17)20-12-5-3-2-4-6-12/h2-11H,1H3,(H,19,23)(H,20,21)(H2,18,24,25)/t11-/m0/s1. The molecule has 8 nitrogen and oxygen atoms in total. The van der Waals surface area contributed by atoms with Gasteiger partial charge in [-0.2, -0.15) is 0 Å². The molecule has 0 saturated heterocycles. The van der Waals surface area contributed by atoms with Gasteiger partial charge in [-0.25, -0.2) is 13.6 Å². The second-order valence-corrected chi connectivity index (χ2v) is 9.81. The molecule has 3 rings (SSSR count). The van der Waals surface area contributed by atoms with Gasteiger partial charge in [0.1, 0.15) is 0 Å². The number of carbonyl (C=O) groups is 1. The summed E-state index contributed by atoms with van der Waals surface area (Å²) in [6.45, 7) is 1.75. The minimum Gasteiger partial charge on any atom is -0.330 e. The van der Waals surface area contributed by atoms with Crippen LogP contribution < -0.4 is 15.8 Å². The van der Waals surface area contributed by atoms with Crippen LogP contribution in [0.15, 0.2) is 63.8 Å². The first-order valence-corrected chi connectivity index (χ1v) is 11.3. The van der Waals surface area contributed by atoms with E-state index in [9.17, 15) is 13.2 Å². The molecule has 1 amide bonds. The van der Waals surface area contributed by atoms with E-state index in [4.69, 9.17) is 5.14 Å². The second kappa shape index (κ2) is 8.69. The Morgan fingerprint density at radius 2 is 1.75 bits per heavy atom. The summed E-state index contributed by atoms with van der Waals surface area (Å²) >= 11 is 2.64. The lowest BCUT2D eigenvalue weighted by molar-refractivity contribution is -0.115. The highest BCUT2D eigenvalue weighted by Crippen LogP contribution is 2.30. The van der Waals surface area contributed by atoms with E-state index in [1.807, 2.05) is 30.3 Å². The second-order valence-electron chi connectivity index (χ2n) is 5.68. The Bertz CT molecular complexity index is 1050. The summed E-state index contributed by atoms with van der Waals surface area (Å²) in [5, 5.41) is 19.3. The molecule has 0 spiro atoms. The molecule has 0 aliphatic carbocycles. The summed E-state index contributed by atoms with van der Waals surface area (Å²) in [5.41, 5.74) is 1.39. The highest BCUT2D eigenvalue weighted by atomic mass is 32.2. The molecule has 2 aromatic carbocycles. The summed E-state index contributed by atoms with van der Waals surface area (Å²) in [6, 6.07) is 15.3. The number of hydrogen-bond acceptors (Lipinski definition) is 8. The Labute approximate surface area is 170 Å². The maximum atomic E-state index is 12.4. The molecule has 1 aromatic heterocycles. The predicted molar refractivity (Wildman–Crippen MR) is 111 cm³/mol. The fourth-order valence-electron chi connectivity index (χ4n) is 2.13. The van der Waals surface area contributed by atoms with Gasteiger partial charge in [0.25, 0.3) is 0 Å². The molecule has 1 heterocycles. The van der Waals surface area contributed by atoms with Crippen LogP contribution in [-0.2, 0) is 14.8 Å². The number of nitrogens with zero attached hydrogens (tertiary/aromatic N) is 2. The van der Waals surface area contributed by atoms with Gasteiger partial charge in [0.05, 0.1) is 10.1 Å². The molecule has 3 aromatic rings. The summed E-state index contributed by atoms with van der Waals surface area (Å²) in [4.78, 5) is 12.3. The lowest BCUT2D eigenvalue weighted by atomic mass is 10.3. The van der Waals surface area contributed by atoms with Crippen molar-refractivity contribution in [1.82, 2.24) is 10.2 Å². The lowest BCUT2D eigenvalue weighted by Crippen LogP contribution is -2.22. The molecular formula is C17H17N5O3S3. The van der Waals surface area contributed by atoms with Gasteiger partial charge in [-0.1, -0.05) is 41.3 Å². The van der Waals surface area contributed by atoms with Crippen LogP contribution in [-0.4, -0.2) is 29.8 Å². The molecule has 146 valence electrons. The van der Waals surface area contributed by atoms with E-state index in [1.54, 1.807) is 6.92 Å². The third-order valence-corrected chi connectivity index (χ3v) is 6.48. The van der Waals surface area contributed by atoms with Gasteiger partial charge in [-0.3, -0.25) is 4.79 Å². The molecule has 11 heteroatoms. The maximum absolute atomic E-state index is 12.4. The molecule has 28 heavy (non-hydrogen) atoms. The zero-order valence-electron chi connectivity index (χ0n) is 14.7. The average Bonchev–Trinajstić information content (AvgIpc) is 3.09. The number of anilines is 3. The van der Waals surface area contributed by atoms with E-state index >= 15 is 0 Å². The molecule has 0 radical (unpaired) electrons. The van der Waals surface area contributed by atoms with Crippen LogP contribution in [0.3, 0.4) is 0 Å². The van der Waals surface area contributed by atoms with Gasteiger partial charge < -0.3 is 10.6 Å². The highest BCUT2D eigenvalue weighted by molar-refractivity contribution is 8.02. The smallest absolute Gasteiger partial charge is 0.238 e. The molecule has 0 aliphatic heterocycles. The molecule has 1 atom stereocenters.